The Bertz CT molecular complexity index is 706. The van der Waals surface area contributed by atoms with Gasteiger partial charge in [-0.15, -0.1) is 0 Å². The third-order valence-corrected chi connectivity index (χ3v) is 3.11. The van der Waals surface area contributed by atoms with E-state index in [4.69, 9.17) is 0 Å². The molecular weight excluding hydrogens is 314 g/mol. The van der Waals surface area contributed by atoms with E-state index in [9.17, 15) is 22.4 Å². The van der Waals surface area contributed by atoms with Crippen molar-refractivity contribution in [3.63, 3.8) is 0 Å². The van der Waals surface area contributed by atoms with E-state index < -0.39 is 30.2 Å². The van der Waals surface area contributed by atoms with E-state index in [0.29, 0.717) is 11.6 Å². The van der Waals surface area contributed by atoms with Gasteiger partial charge in [0.25, 0.3) is 5.91 Å². The fourth-order valence-electron chi connectivity index (χ4n) is 1.99. The van der Waals surface area contributed by atoms with Crippen molar-refractivity contribution >= 4 is 5.91 Å². The van der Waals surface area contributed by atoms with Gasteiger partial charge in [-0.3, -0.25) is 4.79 Å². The number of halogens is 4. The molecule has 7 heteroatoms. The summed E-state index contributed by atoms with van der Waals surface area (Å²) in [4.78, 5) is 12.0. The zero-order valence-corrected chi connectivity index (χ0v) is 12.0. The summed E-state index contributed by atoms with van der Waals surface area (Å²) in [6, 6.07) is 7.81. The average Bonchev–Trinajstić information content (AvgIpc) is 2.46. The smallest absolute Gasteiger partial charge is 0.387 e. The summed E-state index contributed by atoms with van der Waals surface area (Å²) < 4.78 is 55.1. The third-order valence-electron chi connectivity index (χ3n) is 3.11. The van der Waals surface area contributed by atoms with Gasteiger partial charge < -0.3 is 10.1 Å². The molecule has 0 aliphatic rings. The van der Waals surface area contributed by atoms with E-state index in [1.165, 1.54) is 18.2 Å². The zero-order chi connectivity index (χ0) is 17.0. The van der Waals surface area contributed by atoms with Crippen molar-refractivity contribution in [2.24, 2.45) is 0 Å². The Morgan fingerprint density at radius 1 is 1.13 bits per heavy atom. The third kappa shape index (κ3) is 4.45. The molecule has 1 amide bonds. The van der Waals surface area contributed by atoms with Crippen LogP contribution in [0.3, 0.4) is 0 Å². The van der Waals surface area contributed by atoms with Gasteiger partial charge in [-0.25, -0.2) is 8.78 Å². The van der Waals surface area contributed by atoms with E-state index in [1.54, 1.807) is 13.0 Å². The van der Waals surface area contributed by atoms with Crippen molar-refractivity contribution in [3.05, 3.63) is 65.2 Å². The molecule has 1 N–H and O–H groups in total. The van der Waals surface area contributed by atoms with Crippen molar-refractivity contribution in [2.45, 2.75) is 19.6 Å². The minimum Gasteiger partial charge on any atom is -0.435 e. The Balaban J connectivity index is 2.12. The second-order valence-corrected chi connectivity index (χ2v) is 4.77. The fourth-order valence-corrected chi connectivity index (χ4v) is 1.99. The van der Waals surface area contributed by atoms with Crippen LogP contribution in [0.4, 0.5) is 17.6 Å². The van der Waals surface area contributed by atoms with Crippen LogP contribution in [0.15, 0.2) is 42.5 Å². The summed E-state index contributed by atoms with van der Waals surface area (Å²) in [5.41, 5.74) is 0.192. The molecule has 3 nitrogen and oxygen atoms in total. The van der Waals surface area contributed by atoms with Gasteiger partial charge in [-0.1, -0.05) is 12.1 Å². The van der Waals surface area contributed by atoms with Crippen LogP contribution in [-0.4, -0.2) is 12.5 Å². The number of rotatable bonds is 5. The summed E-state index contributed by atoms with van der Waals surface area (Å²) >= 11 is 0. The number of nitrogens with one attached hydrogen (secondary N) is 1. The molecule has 2 rings (SSSR count). The molecule has 0 aliphatic carbocycles. The molecule has 2 aromatic carbocycles. The quantitative estimate of drug-likeness (QED) is 0.841. The molecule has 0 spiro atoms. The lowest BCUT2D eigenvalue weighted by atomic mass is 10.1. The van der Waals surface area contributed by atoms with Gasteiger partial charge in [0.15, 0.2) is 0 Å². The summed E-state index contributed by atoms with van der Waals surface area (Å²) in [6.45, 7) is -1.36. The van der Waals surface area contributed by atoms with Crippen LogP contribution in [0, 0.1) is 11.6 Å². The fraction of sp³-hybridized carbons (Fsp3) is 0.188. The summed E-state index contributed by atoms with van der Waals surface area (Å²) in [7, 11) is 0. The number of alkyl halides is 2. The zero-order valence-electron chi connectivity index (χ0n) is 12.0. The van der Waals surface area contributed by atoms with Crippen LogP contribution in [0.2, 0.25) is 0 Å². The molecule has 23 heavy (non-hydrogen) atoms. The second kappa shape index (κ2) is 7.13. The Morgan fingerprint density at radius 2 is 1.87 bits per heavy atom. The van der Waals surface area contributed by atoms with Crippen molar-refractivity contribution in [3.8, 4) is 5.75 Å². The van der Waals surface area contributed by atoms with Crippen LogP contribution in [0.25, 0.3) is 0 Å². The topological polar surface area (TPSA) is 38.3 Å². The number of amides is 1. The van der Waals surface area contributed by atoms with Gasteiger partial charge in [0, 0.05) is 6.07 Å². The van der Waals surface area contributed by atoms with E-state index >= 15 is 0 Å². The molecule has 0 saturated heterocycles. The first-order valence-corrected chi connectivity index (χ1v) is 6.67. The standard InChI is InChI=1S/C16H13F4NO2/c1-9(10-3-2-4-12(7-10)23-16(19)20)21-15(22)13-6-5-11(17)8-14(13)18/h2-9,16H,1H3,(H,21,22). The van der Waals surface area contributed by atoms with E-state index in [1.807, 2.05) is 0 Å². The molecule has 1 atom stereocenters. The SMILES string of the molecule is CC(NC(=O)c1ccc(F)cc1F)c1cccc(OC(F)F)c1. The highest BCUT2D eigenvalue weighted by Gasteiger charge is 2.16. The monoisotopic (exact) mass is 327 g/mol. The number of hydrogen-bond donors (Lipinski definition) is 1. The van der Waals surface area contributed by atoms with Crippen LogP contribution in [-0.2, 0) is 0 Å². The molecule has 1 unspecified atom stereocenters. The van der Waals surface area contributed by atoms with Gasteiger partial charge >= 0.3 is 6.61 Å². The lowest BCUT2D eigenvalue weighted by Crippen LogP contribution is -2.27. The van der Waals surface area contributed by atoms with Crippen molar-refractivity contribution in [1.29, 1.82) is 0 Å². The van der Waals surface area contributed by atoms with Crippen LogP contribution >= 0.6 is 0 Å². The van der Waals surface area contributed by atoms with Crippen molar-refractivity contribution < 1.29 is 27.1 Å². The molecule has 0 saturated carbocycles. The van der Waals surface area contributed by atoms with Gasteiger partial charge in [-0.05, 0) is 36.8 Å². The first kappa shape index (κ1) is 16.8. The molecule has 0 aromatic heterocycles. The predicted molar refractivity (Wildman–Crippen MR) is 75.3 cm³/mol. The molecule has 0 fully saturated rings. The molecule has 0 bridgehead atoms. The maximum Gasteiger partial charge on any atom is 0.387 e. The summed E-state index contributed by atoms with van der Waals surface area (Å²) in [5, 5.41) is 2.51. The Morgan fingerprint density at radius 3 is 2.52 bits per heavy atom. The van der Waals surface area contributed by atoms with Gasteiger partial charge in [0.1, 0.15) is 17.4 Å². The summed E-state index contributed by atoms with van der Waals surface area (Å²) in [6.07, 6.45) is 0. The second-order valence-electron chi connectivity index (χ2n) is 4.77. The van der Waals surface area contributed by atoms with Crippen LogP contribution in [0.5, 0.6) is 5.75 Å². The van der Waals surface area contributed by atoms with Crippen molar-refractivity contribution in [1.82, 2.24) is 5.32 Å². The maximum atomic E-state index is 13.6. The van der Waals surface area contributed by atoms with E-state index in [0.717, 1.165) is 12.1 Å². The number of benzene rings is 2. The van der Waals surface area contributed by atoms with Gasteiger partial charge in [-0.2, -0.15) is 8.78 Å². The highest BCUT2D eigenvalue weighted by Crippen LogP contribution is 2.21. The molecule has 0 radical (unpaired) electrons. The first-order chi connectivity index (χ1) is 10.9. The Labute approximate surface area is 129 Å². The number of ether oxygens (including phenoxy) is 1. The van der Waals surface area contributed by atoms with Gasteiger partial charge in [0.05, 0.1) is 11.6 Å². The minimum atomic E-state index is -2.96. The molecule has 0 aliphatic heterocycles. The normalized spacial score (nSPS) is 12.1. The lowest BCUT2D eigenvalue weighted by Gasteiger charge is -2.16. The Hall–Kier alpha value is -2.57. The van der Waals surface area contributed by atoms with Crippen molar-refractivity contribution in [2.75, 3.05) is 0 Å². The average molecular weight is 327 g/mol. The number of hydrogen-bond acceptors (Lipinski definition) is 2. The number of carbonyl (C=O) groups excluding carboxylic acids is 1. The predicted octanol–water partition coefficient (Wildman–Crippen LogP) is 4.06. The lowest BCUT2D eigenvalue weighted by molar-refractivity contribution is -0.0499. The largest absolute Gasteiger partial charge is 0.435 e. The van der Waals surface area contributed by atoms with E-state index in [2.05, 4.69) is 10.1 Å². The maximum absolute atomic E-state index is 13.6. The highest BCUT2D eigenvalue weighted by atomic mass is 19.3. The Kier molecular flexibility index (Phi) is 5.20. The highest BCUT2D eigenvalue weighted by molar-refractivity contribution is 5.94. The molecule has 0 heterocycles. The number of carbonyl (C=O) groups is 1. The summed E-state index contributed by atoms with van der Waals surface area (Å²) in [5.74, 6) is -2.56. The molecular formula is C16H13F4NO2. The van der Waals surface area contributed by atoms with Crippen LogP contribution < -0.4 is 10.1 Å². The first-order valence-electron chi connectivity index (χ1n) is 6.67. The van der Waals surface area contributed by atoms with Crippen LogP contribution in [0.1, 0.15) is 28.9 Å². The van der Waals surface area contributed by atoms with E-state index in [-0.39, 0.29) is 11.3 Å². The minimum absolute atomic E-state index is 0.0495. The molecule has 122 valence electrons. The van der Waals surface area contributed by atoms with Gasteiger partial charge in [0.2, 0.25) is 0 Å². The molecule has 2 aromatic rings.